The molecule has 2 nitrogen and oxygen atoms in total. The molecule has 1 heterocycles. The highest BCUT2D eigenvalue weighted by atomic mass is 79.9. The van der Waals surface area contributed by atoms with E-state index in [-0.39, 0.29) is 0 Å². The second-order valence-corrected chi connectivity index (χ2v) is 5.16. The van der Waals surface area contributed by atoms with Crippen LogP contribution in [0.2, 0.25) is 0 Å². The van der Waals surface area contributed by atoms with Crippen molar-refractivity contribution in [1.29, 1.82) is 0 Å². The third kappa shape index (κ3) is 2.52. The van der Waals surface area contributed by atoms with Crippen molar-refractivity contribution in [2.24, 2.45) is 5.73 Å². The van der Waals surface area contributed by atoms with E-state index in [1.165, 1.54) is 22.1 Å². The fourth-order valence-electron chi connectivity index (χ4n) is 2.10. The van der Waals surface area contributed by atoms with Crippen molar-refractivity contribution >= 4 is 21.6 Å². The van der Waals surface area contributed by atoms with E-state index in [4.69, 9.17) is 5.73 Å². The molecule has 3 heteroatoms. The van der Waals surface area contributed by atoms with Gasteiger partial charge in [0.25, 0.3) is 0 Å². The van der Waals surface area contributed by atoms with Crippen LogP contribution < -0.4 is 10.6 Å². The van der Waals surface area contributed by atoms with Crippen LogP contribution in [0.1, 0.15) is 18.4 Å². The Morgan fingerprint density at radius 1 is 1.47 bits per heavy atom. The predicted molar refractivity (Wildman–Crippen MR) is 68.3 cm³/mol. The molecule has 1 fully saturated rings. The number of aryl methyl sites for hydroxylation is 1. The van der Waals surface area contributed by atoms with Crippen LogP contribution in [0.3, 0.4) is 0 Å². The van der Waals surface area contributed by atoms with Crippen LogP contribution in [0.25, 0.3) is 0 Å². The molecule has 0 amide bonds. The molecule has 15 heavy (non-hydrogen) atoms. The van der Waals surface area contributed by atoms with Gasteiger partial charge in [0, 0.05) is 23.6 Å². The first-order valence-electron chi connectivity index (χ1n) is 5.43. The summed E-state index contributed by atoms with van der Waals surface area (Å²) in [5.41, 5.74) is 8.54. The topological polar surface area (TPSA) is 29.3 Å². The molecule has 1 atom stereocenters. The van der Waals surface area contributed by atoms with Crippen LogP contribution in [0, 0.1) is 6.92 Å². The van der Waals surface area contributed by atoms with Gasteiger partial charge in [-0.25, -0.2) is 0 Å². The Labute approximate surface area is 99.6 Å². The predicted octanol–water partition coefficient (Wildman–Crippen LogP) is 2.69. The van der Waals surface area contributed by atoms with Gasteiger partial charge in [-0.05, 0) is 53.4 Å². The molecular weight excluding hydrogens is 252 g/mol. The van der Waals surface area contributed by atoms with Crippen LogP contribution in [-0.2, 0) is 0 Å². The second kappa shape index (κ2) is 4.54. The molecule has 2 rings (SSSR count). The Kier molecular flexibility index (Phi) is 3.32. The minimum Gasteiger partial charge on any atom is -0.369 e. The molecule has 1 aliphatic heterocycles. The number of rotatable bonds is 1. The number of nitrogens with two attached hydrogens (primary N) is 1. The standard InChI is InChI=1S/C12H17BrN2/c1-9-4-5-12(11(13)7-9)15-6-2-3-10(14)8-15/h4-5,7,10H,2-3,6,8,14H2,1H3. The van der Waals surface area contributed by atoms with E-state index in [1.807, 2.05) is 0 Å². The van der Waals surface area contributed by atoms with E-state index < -0.39 is 0 Å². The van der Waals surface area contributed by atoms with Gasteiger partial charge in [0.15, 0.2) is 0 Å². The smallest absolute Gasteiger partial charge is 0.0511 e. The molecule has 0 spiro atoms. The molecule has 1 aliphatic rings. The van der Waals surface area contributed by atoms with Gasteiger partial charge in [0.1, 0.15) is 0 Å². The van der Waals surface area contributed by atoms with Gasteiger partial charge in [-0.3, -0.25) is 0 Å². The zero-order valence-electron chi connectivity index (χ0n) is 9.04. The fraction of sp³-hybridized carbons (Fsp3) is 0.500. The molecule has 1 aromatic rings. The summed E-state index contributed by atoms with van der Waals surface area (Å²) in [4.78, 5) is 2.37. The lowest BCUT2D eigenvalue weighted by Crippen LogP contribution is -2.42. The number of anilines is 1. The van der Waals surface area contributed by atoms with Crippen molar-refractivity contribution in [3.8, 4) is 0 Å². The summed E-state index contributed by atoms with van der Waals surface area (Å²) in [5.74, 6) is 0. The summed E-state index contributed by atoms with van der Waals surface area (Å²) in [6, 6.07) is 6.82. The van der Waals surface area contributed by atoms with Gasteiger partial charge in [-0.15, -0.1) is 0 Å². The van der Waals surface area contributed by atoms with Gasteiger partial charge in [0.2, 0.25) is 0 Å². The van der Waals surface area contributed by atoms with Gasteiger partial charge in [-0.1, -0.05) is 6.07 Å². The Morgan fingerprint density at radius 3 is 2.93 bits per heavy atom. The number of nitrogens with zero attached hydrogens (tertiary/aromatic N) is 1. The molecule has 0 radical (unpaired) electrons. The third-order valence-corrected chi connectivity index (χ3v) is 3.54. The molecule has 0 saturated carbocycles. The normalized spacial score (nSPS) is 21.8. The highest BCUT2D eigenvalue weighted by molar-refractivity contribution is 9.10. The Morgan fingerprint density at radius 2 is 2.27 bits per heavy atom. The minimum atomic E-state index is 0.326. The molecule has 1 unspecified atom stereocenters. The van der Waals surface area contributed by atoms with E-state index in [9.17, 15) is 0 Å². The lowest BCUT2D eigenvalue weighted by atomic mass is 10.1. The highest BCUT2D eigenvalue weighted by Gasteiger charge is 2.18. The number of piperidine rings is 1. The molecule has 0 bridgehead atoms. The van der Waals surface area contributed by atoms with E-state index in [2.05, 4.69) is 46.0 Å². The molecule has 82 valence electrons. The molecular formula is C12H17BrN2. The highest BCUT2D eigenvalue weighted by Crippen LogP contribution is 2.29. The minimum absolute atomic E-state index is 0.326. The SMILES string of the molecule is Cc1ccc(N2CCCC(N)C2)c(Br)c1. The molecule has 0 aliphatic carbocycles. The molecule has 2 N–H and O–H groups in total. The van der Waals surface area contributed by atoms with Gasteiger partial charge in [-0.2, -0.15) is 0 Å². The molecule has 1 saturated heterocycles. The van der Waals surface area contributed by atoms with Crippen molar-refractivity contribution < 1.29 is 0 Å². The summed E-state index contributed by atoms with van der Waals surface area (Å²) >= 11 is 3.62. The van der Waals surface area contributed by atoms with Crippen LogP contribution >= 0.6 is 15.9 Å². The zero-order valence-corrected chi connectivity index (χ0v) is 10.6. The average Bonchev–Trinajstić information content (AvgIpc) is 2.17. The van der Waals surface area contributed by atoms with E-state index in [1.54, 1.807) is 0 Å². The number of hydrogen-bond acceptors (Lipinski definition) is 2. The lowest BCUT2D eigenvalue weighted by Gasteiger charge is -2.33. The maximum atomic E-state index is 5.99. The van der Waals surface area contributed by atoms with Crippen LogP contribution in [-0.4, -0.2) is 19.1 Å². The first-order chi connectivity index (χ1) is 7.16. The monoisotopic (exact) mass is 268 g/mol. The summed E-state index contributed by atoms with van der Waals surface area (Å²) in [5, 5.41) is 0. The average molecular weight is 269 g/mol. The van der Waals surface area contributed by atoms with Crippen molar-refractivity contribution in [3.63, 3.8) is 0 Å². The molecule has 1 aromatic carbocycles. The van der Waals surface area contributed by atoms with Crippen molar-refractivity contribution in [1.82, 2.24) is 0 Å². The van der Waals surface area contributed by atoms with E-state index in [0.717, 1.165) is 19.5 Å². The number of benzene rings is 1. The van der Waals surface area contributed by atoms with E-state index >= 15 is 0 Å². The Bertz CT molecular complexity index is 351. The van der Waals surface area contributed by atoms with E-state index in [0.29, 0.717) is 6.04 Å². The first-order valence-corrected chi connectivity index (χ1v) is 6.23. The number of halogens is 1. The Balaban J connectivity index is 2.21. The maximum absolute atomic E-state index is 5.99. The van der Waals surface area contributed by atoms with Gasteiger partial charge >= 0.3 is 0 Å². The summed E-state index contributed by atoms with van der Waals surface area (Å²) in [7, 11) is 0. The molecule has 0 aromatic heterocycles. The second-order valence-electron chi connectivity index (χ2n) is 4.30. The third-order valence-electron chi connectivity index (χ3n) is 2.90. The van der Waals surface area contributed by atoms with Crippen LogP contribution in [0.4, 0.5) is 5.69 Å². The maximum Gasteiger partial charge on any atom is 0.0511 e. The van der Waals surface area contributed by atoms with Gasteiger partial charge in [0.05, 0.1) is 5.69 Å². The zero-order chi connectivity index (χ0) is 10.8. The van der Waals surface area contributed by atoms with Gasteiger partial charge < -0.3 is 10.6 Å². The van der Waals surface area contributed by atoms with Crippen molar-refractivity contribution in [3.05, 3.63) is 28.2 Å². The van der Waals surface area contributed by atoms with Crippen molar-refractivity contribution in [2.75, 3.05) is 18.0 Å². The fourth-order valence-corrected chi connectivity index (χ4v) is 2.84. The first kappa shape index (κ1) is 11.0. The van der Waals surface area contributed by atoms with Crippen molar-refractivity contribution in [2.45, 2.75) is 25.8 Å². The summed E-state index contributed by atoms with van der Waals surface area (Å²) in [6.45, 7) is 4.20. The summed E-state index contributed by atoms with van der Waals surface area (Å²) < 4.78 is 1.18. The lowest BCUT2D eigenvalue weighted by molar-refractivity contribution is 0.506. The largest absolute Gasteiger partial charge is 0.369 e. The van der Waals surface area contributed by atoms with Crippen LogP contribution in [0.5, 0.6) is 0 Å². The van der Waals surface area contributed by atoms with Crippen LogP contribution in [0.15, 0.2) is 22.7 Å². The summed E-state index contributed by atoms with van der Waals surface area (Å²) in [6.07, 6.45) is 2.35. The number of hydrogen-bond donors (Lipinski definition) is 1. The Hall–Kier alpha value is -0.540. The quantitative estimate of drug-likeness (QED) is 0.849.